The molecular weight excluding hydrogens is 561 g/mol. The molecule has 2 heterocycles. The molecule has 2 amide bonds. The van der Waals surface area contributed by atoms with Gasteiger partial charge < -0.3 is 14.9 Å². The van der Waals surface area contributed by atoms with Crippen LogP contribution < -0.4 is 0 Å². The summed E-state index contributed by atoms with van der Waals surface area (Å²) >= 11 is 12.7. The van der Waals surface area contributed by atoms with Gasteiger partial charge in [0.1, 0.15) is 0 Å². The average molecular weight is 601 g/mol. The minimum Gasteiger partial charge on any atom is -0.481 e. The molecule has 0 radical (unpaired) electrons. The molecule has 220 valence electrons. The van der Waals surface area contributed by atoms with Crippen molar-refractivity contribution >= 4 is 41.0 Å². The number of carboxylic acid groups (broad SMARTS) is 1. The van der Waals surface area contributed by atoms with Gasteiger partial charge in [-0.2, -0.15) is 0 Å². The van der Waals surface area contributed by atoms with Crippen molar-refractivity contribution in [2.45, 2.75) is 64.0 Å². The maximum absolute atomic E-state index is 14.5. The average Bonchev–Trinajstić information content (AvgIpc) is 3.79. The number of carbonyl (C=O) groups excluding carboxylic acids is 2. The van der Waals surface area contributed by atoms with E-state index in [4.69, 9.17) is 23.2 Å². The van der Waals surface area contributed by atoms with Crippen molar-refractivity contribution in [2.24, 2.45) is 11.3 Å². The van der Waals surface area contributed by atoms with Gasteiger partial charge in [0.25, 0.3) is 0 Å². The highest BCUT2D eigenvalue weighted by molar-refractivity contribution is 6.30. The number of carboxylic acids is 1. The Bertz CT molecular complexity index is 1280. The largest absolute Gasteiger partial charge is 0.481 e. The highest BCUT2D eigenvalue weighted by Gasteiger charge is 2.52. The van der Waals surface area contributed by atoms with Crippen molar-refractivity contribution in [3.05, 3.63) is 69.7 Å². The Morgan fingerprint density at radius 3 is 2.27 bits per heavy atom. The second-order valence-corrected chi connectivity index (χ2v) is 13.0. The molecule has 1 unspecified atom stereocenters. The predicted molar refractivity (Wildman–Crippen MR) is 160 cm³/mol. The third kappa shape index (κ3) is 6.58. The number of likely N-dealkylation sites (tertiary alicyclic amines) is 1. The zero-order chi connectivity index (χ0) is 29.3. The Hall–Kier alpha value is -2.61. The van der Waals surface area contributed by atoms with Crippen LogP contribution in [0.2, 0.25) is 10.0 Å². The van der Waals surface area contributed by atoms with E-state index in [9.17, 15) is 19.5 Å². The summed E-state index contributed by atoms with van der Waals surface area (Å²) in [5.74, 6) is -0.794. The number of hydrogen-bond donors (Lipinski definition) is 1. The van der Waals surface area contributed by atoms with Crippen LogP contribution in [0.15, 0.2) is 48.5 Å². The lowest BCUT2D eigenvalue weighted by molar-refractivity contribution is -0.161. The van der Waals surface area contributed by atoms with E-state index in [-0.39, 0.29) is 42.2 Å². The summed E-state index contributed by atoms with van der Waals surface area (Å²) < 4.78 is 0. The summed E-state index contributed by atoms with van der Waals surface area (Å²) in [4.78, 5) is 45.4. The summed E-state index contributed by atoms with van der Waals surface area (Å²) in [5, 5.41) is 11.1. The number of amides is 2. The first-order valence-corrected chi connectivity index (χ1v) is 15.4. The monoisotopic (exact) mass is 599 g/mol. The second-order valence-electron chi connectivity index (χ2n) is 12.2. The van der Waals surface area contributed by atoms with Crippen molar-refractivity contribution in [2.75, 3.05) is 32.7 Å². The van der Waals surface area contributed by atoms with Gasteiger partial charge in [0.05, 0.1) is 17.9 Å². The van der Waals surface area contributed by atoms with Gasteiger partial charge >= 0.3 is 5.97 Å². The first-order chi connectivity index (χ1) is 19.6. The molecule has 9 heteroatoms. The van der Waals surface area contributed by atoms with E-state index in [0.717, 1.165) is 37.1 Å². The Balaban J connectivity index is 1.50. The highest BCUT2D eigenvalue weighted by atomic mass is 35.5. The van der Waals surface area contributed by atoms with E-state index in [2.05, 4.69) is 11.8 Å². The van der Waals surface area contributed by atoms with Crippen LogP contribution in [0.1, 0.15) is 69.0 Å². The van der Waals surface area contributed by atoms with Crippen LogP contribution in [-0.2, 0) is 14.4 Å². The Labute approximate surface area is 252 Å². The number of rotatable bonds is 9. The van der Waals surface area contributed by atoms with Crippen molar-refractivity contribution in [1.82, 2.24) is 14.7 Å². The summed E-state index contributed by atoms with van der Waals surface area (Å²) in [7, 11) is 0. The van der Waals surface area contributed by atoms with Gasteiger partial charge in [-0.3, -0.25) is 19.3 Å². The summed E-state index contributed by atoms with van der Waals surface area (Å²) in [5.41, 5.74) is 0.863. The Kier molecular flexibility index (Phi) is 8.98. The molecule has 4 atom stereocenters. The van der Waals surface area contributed by atoms with Crippen LogP contribution in [0.5, 0.6) is 0 Å². The van der Waals surface area contributed by atoms with E-state index < -0.39 is 11.4 Å². The topological polar surface area (TPSA) is 81.2 Å². The van der Waals surface area contributed by atoms with Crippen LogP contribution in [0, 0.1) is 11.3 Å². The molecule has 2 aromatic carbocycles. The molecule has 0 bridgehead atoms. The number of hydrogen-bond acceptors (Lipinski definition) is 4. The molecule has 2 aliphatic heterocycles. The van der Waals surface area contributed by atoms with Crippen LogP contribution >= 0.6 is 23.2 Å². The third-order valence-electron chi connectivity index (χ3n) is 9.08. The quantitative estimate of drug-likeness (QED) is 0.390. The summed E-state index contributed by atoms with van der Waals surface area (Å²) in [6, 6.07) is 14.9. The highest BCUT2D eigenvalue weighted by Crippen LogP contribution is 2.52. The Morgan fingerprint density at radius 2 is 1.68 bits per heavy atom. The van der Waals surface area contributed by atoms with Gasteiger partial charge in [0.15, 0.2) is 0 Å². The summed E-state index contributed by atoms with van der Waals surface area (Å²) in [6.45, 7) is 7.44. The lowest BCUT2D eigenvalue weighted by Gasteiger charge is -2.52. The first kappa shape index (κ1) is 29.9. The molecule has 3 fully saturated rings. The molecule has 0 aromatic heterocycles. The standard InChI is InChI=1S/C32H39Cl2N3O4/c1-3-26(20-35-13-15-36(16-14-35)30(40)22-7-8-22)37-29(21-9-11-24(33)12-10-21)27(23-5-4-6-25(34)17-23)18-32(2,31(37)41)19-28(38)39/h4-6,9-12,17,22,26-27,29H,3,7-8,13-16,18-20H2,1-2H3,(H,38,39)/t26?,27-,29-,32-/m1/s1. The van der Waals surface area contributed by atoms with Gasteiger partial charge in [0, 0.05) is 60.6 Å². The molecule has 2 aromatic rings. The van der Waals surface area contributed by atoms with Crippen LogP contribution in [0.3, 0.4) is 0 Å². The van der Waals surface area contributed by atoms with E-state index in [1.807, 2.05) is 58.3 Å². The molecule has 7 nitrogen and oxygen atoms in total. The van der Waals surface area contributed by atoms with E-state index >= 15 is 0 Å². The first-order valence-electron chi connectivity index (χ1n) is 14.7. The molecule has 5 rings (SSSR count). The van der Waals surface area contributed by atoms with Crippen LogP contribution in [0.25, 0.3) is 0 Å². The van der Waals surface area contributed by atoms with Gasteiger partial charge in [-0.1, -0.05) is 61.3 Å². The number of carbonyl (C=O) groups is 3. The molecule has 0 spiro atoms. The van der Waals surface area contributed by atoms with Crippen molar-refractivity contribution in [3.63, 3.8) is 0 Å². The third-order valence-corrected chi connectivity index (χ3v) is 9.56. The SMILES string of the molecule is CCC(CN1CCN(C(=O)C2CC2)CC1)N1C(=O)[C@@](C)(CC(=O)O)C[C@H](c2cccc(Cl)c2)[C@H]1c1ccc(Cl)cc1. The van der Waals surface area contributed by atoms with Crippen molar-refractivity contribution in [3.8, 4) is 0 Å². The molecule has 2 saturated heterocycles. The molecule has 1 aliphatic carbocycles. The fraction of sp³-hybridized carbons (Fsp3) is 0.531. The fourth-order valence-electron chi connectivity index (χ4n) is 6.73. The fourth-order valence-corrected chi connectivity index (χ4v) is 7.06. The van der Waals surface area contributed by atoms with Crippen LogP contribution in [0.4, 0.5) is 0 Å². The van der Waals surface area contributed by atoms with Crippen molar-refractivity contribution in [1.29, 1.82) is 0 Å². The number of benzene rings is 2. The lowest BCUT2D eigenvalue weighted by atomic mass is 9.67. The second kappa shape index (κ2) is 12.3. The number of piperazine rings is 1. The predicted octanol–water partition coefficient (Wildman–Crippen LogP) is 5.86. The van der Waals surface area contributed by atoms with Crippen molar-refractivity contribution < 1.29 is 19.5 Å². The minimum absolute atomic E-state index is 0.132. The van der Waals surface area contributed by atoms with E-state index in [0.29, 0.717) is 42.5 Å². The van der Waals surface area contributed by atoms with Gasteiger partial charge in [0.2, 0.25) is 11.8 Å². The van der Waals surface area contributed by atoms with Gasteiger partial charge in [-0.15, -0.1) is 0 Å². The normalized spacial score (nSPS) is 26.2. The maximum atomic E-state index is 14.5. The van der Waals surface area contributed by atoms with E-state index in [1.165, 1.54) is 0 Å². The number of nitrogens with zero attached hydrogens (tertiary/aromatic N) is 3. The molecule has 1 N–H and O–H groups in total. The zero-order valence-corrected chi connectivity index (χ0v) is 25.3. The molecule has 3 aliphatic rings. The lowest BCUT2D eigenvalue weighted by Crippen LogP contribution is -2.59. The summed E-state index contributed by atoms with van der Waals surface area (Å²) in [6.07, 6.45) is 2.86. The zero-order valence-electron chi connectivity index (χ0n) is 23.8. The molecule has 1 saturated carbocycles. The number of halogens is 2. The van der Waals surface area contributed by atoms with Gasteiger partial charge in [-0.05, 0) is 61.1 Å². The number of piperidine rings is 1. The molecular formula is C32H39Cl2N3O4. The minimum atomic E-state index is -1.08. The smallest absolute Gasteiger partial charge is 0.304 e. The van der Waals surface area contributed by atoms with Gasteiger partial charge in [-0.25, -0.2) is 0 Å². The maximum Gasteiger partial charge on any atom is 0.304 e. The van der Waals surface area contributed by atoms with E-state index in [1.54, 1.807) is 6.92 Å². The number of aliphatic carboxylic acids is 1. The molecule has 41 heavy (non-hydrogen) atoms. The van der Waals surface area contributed by atoms with Crippen LogP contribution in [-0.4, -0.2) is 76.4 Å². The Morgan fingerprint density at radius 1 is 1.00 bits per heavy atom.